The van der Waals surface area contributed by atoms with Gasteiger partial charge in [-0.25, -0.2) is 0 Å². The molecule has 1 unspecified atom stereocenters. The first-order valence-corrected chi connectivity index (χ1v) is 8.62. The highest BCUT2D eigenvalue weighted by Crippen LogP contribution is 2.31. The number of rotatable bonds is 6. The van der Waals surface area contributed by atoms with Crippen molar-refractivity contribution in [2.24, 2.45) is 0 Å². The monoisotopic (exact) mass is 300 g/mol. The molecule has 2 nitrogen and oxygen atoms in total. The van der Waals surface area contributed by atoms with Crippen molar-refractivity contribution in [3.05, 3.63) is 51.7 Å². The number of hydrogen-bond acceptors (Lipinski definition) is 3. The summed E-state index contributed by atoms with van der Waals surface area (Å²) in [4.78, 5) is 3.81. The number of nitrogens with zero attached hydrogens (tertiary/aromatic N) is 1. The molecule has 1 N–H and O–H groups in total. The predicted octanol–water partition coefficient (Wildman–Crippen LogP) is 4.51. The summed E-state index contributed by atoms with van der Waals surface area (Å²) in [5.74, 6) is 0. The molecular formula is C18H24N2S. The molecule has 1 atom stereocenters. The van der Waals surface area contributed by atoms with Gasteiger partial charge in [0.1, 0.15) is 0 Å². The Bertz CT molecular complexity index is 587. The van der Waals surface area contributed by atoms with Crippen LogP contribution >= 0.6 is 11.3 Å². The average molecular weight is 300 g/mol. The van der Waals surface area contributed by atoms with Gasteiger partial charge in [0.05, 0.1) is 6.04 Å². The van der Waals surface area contributed by atoms with E-state index in [9.17, 15) is 0 Å². The van der Waals surface area contributed by atoms with Crippen LogP contribution in [0.25, 0.3) is 0 Å². The van der Waals surface area contributed by atoms with Gasteiger partial charge in [0.2, 0.25) is 0 Å². The van der Waals surface area contributed by atoms with E-state index in [-0.39, 0.29) is 0 Å². The van der Waals surface area contributed by atoms with Crippen molar-refractivity contribution < 1.29 is 0 Å². The molecule has 1 heterocycles. The zero-order valence-electron chi connectivity index (χ0n) is 13.1. The largest absolute Gasteiger partial charge is 0.367 e. The molecule has 21 heavy (non-hydrogen) atoms. The maximum atomic E-state index is 3.65. The van der Waals surface area contributed by atoms with Crippen molar-refractivity contribution in [2.75, 3.05) is 11.9 Å². The van der Waals surface area contributed by atoms with Gasteiger partial charge in [-0.05, 0) is 49.8 Å². The number of anilines is 1. The zero-order valence-corrected chi connectivity index (χ0v) is 13.9. The van der Waals surface area contributed by atoms with Gasteiger partial charge in [0.25, 0.3) is 0 Å². The lowest BCUT2D eigenvalue weighted by Crippen LogP contribution is -2.24. The Morgan fingerprint density at radius 3 is 2.81 bits per heavy atom. The van der Waals surface area contributed by atoms with Gasteiger partial charge >= 0.3 is 0 Å². The number of hydrogen-bond donors (Lipinski definition) is 1. The van der Waals surface area contributed by atoms with Crippen LogP contribution < -0.4 is 10.2 Å². The van der Waals surface area contributed by atoms with E-state index in [1.165, 1.54) is 34.5 Å². The topological polar surface area (TPSA) is 15.3 Å². The predicted molar refractivity (Wildman–Crippen MR) is 92.2 cm³/mol. The first kappa shape index (κ1) is 14.6. The zero-order chi connectivity index (χ0) is 14.8. The third-order valence-electron chi connectivity index (χ3n) is 4.31. The van der Waals surface area contributed by atoms with E-state index in [0.29, 0.717) is 6.04 Å². The Hall–Kier alpha value is -1.32. The lowest BCUT2D eigenvalue weighted by molar-refractivity contribution is 0.678. The Kier molecular flexibility index (Phi) is 4.32. The smallest absolute Gasteiger partial charge is 0.0603 e. The van der Waals surface area contributed by atoms with E-state index in [2.05, 4.69) is 66.8 Å². The van der Waals surface area contributed by atoms with Crippen LogP contribution in [0.3, 0.4) is 0 Å². The van der Waals surface area contributed by atoms with Gasteiger partial charge in [0, 0.05) is 30.2 Å². The standard InChI is InChI=1S/C18H24N2S/c1-13-6-9-17(15(11-13)12-19-16-7-8-16)20(3)14(2)18-5-4-10-21-18/h4-6,9-11,14,16,19H,7-8,12H2,1-3H3. The minimum atomic E-state index is 0.410. The van der Waals surface area contributed by atoms with Crippen molar-refractivity contribution in [2.45, 2.75) is 45.3 Å². The summed E-state index contributed by atoms with van der Waals surface area (Å²) in [7, 11) is 2.20. The minimum Gasteiger partial charge on any atom is -0.367 e. The van der Waals surface area contributed by atoms with Gasteiger partial charge in [-0.1, -0.05) is 23.8 Å². The van der Waals surface area contributed by atoms with Crippen LogP contribution in [0.1, 0.15) is 41.8 Å². The maximum absolute atomic E-state index is 3.65. The number of benzene rings is 1. The quantitative estimate of drug-likeness (QED) is 0.844. The van der Waals surface area contributed by atoms with Crippen LogP contribution in [0.2, 0.25) is 0 Å². The molecular weight excluding hydrogens is 276 g/mol. The summed E-state index contributed by atoms with van der Waals surface area (Å²) in [6.07, 6.45) is 2.67. The highest BCUT2D eigenvalue weighted by Gasteiger charge is 2.21. The average Bonchev–Trinajstić information content (AvgIpc) is 3.15. The van der Waals surface area contributed by atoms with E-state index >= 15 is 0 Å². The normalized spacial score (nSPS) is 16.0. The lowest BCUT2D eigenvalue weighted by atomic mass is 10.1. The van der Waals surface area contributed by atoms with Crippen LogP contribution in [-0.4, -0.2) is 13.1 Å². The molecule has 2 aromatic rings. The molecule has 0 aliphatic heterocycles. The second-order valence-electron chi connectivity index (χ2n) is 6.09. The Labute approximate surface area is 131 Å². The molecule has 3 heteroatoms. The van der Waals surface area contributed by atoms with Crippen molar-refractivity contribution in [1.82, 2.24) is 5.32 Å². The molecule has 0 amide bonds. The van der Waals surface area contributed by atoms with Crippen LogP contribution in [0.15, 0.2) is 35.7 Å². The van der Waals surface area contributed by atoms with Crippen LogP contribution in [0.5, 0.6) is 0 Å². The molecule has 1 aromatic carbocycles. The first-order valence-electron chi connectivity index (χ1n) is 7.74. The van der Waals surface area contributed by atoms with E-state index < -0.39 is 0 Å². The number of aryl methyl sites for hydroxylation is 1. The van der Waals surface area contributed by atoms with E-state index in [4.69, 9.17) is 0 Å². The van der Waals surface area contributed by atoms with E-state index in [1.54, 1.807) is 0 Å². The van der Waals surface area contributed by atoms with Crippen molar-refractivity contribution in [1.29, 1.82) is 0 Å². The molecule has 0 spiro atoms. The second kappa shape index (κ2) is 6.20. The van der Waals surface area contributed by atoms with Gasteiger partial charge < -0.3 is 10.2 Å². The van der Waals surface area contributed by atoms with Gasteiger partial charge in [-0.2, -0.15) is 0 Å². The van der Waals surface area contributed by atoms with Gasteiger partial charge in [0.15, 0.2) is 0 Å². The first-order chi connectivity index (χ1) is 10.1. The van der Waals surface area contributed by atoms with E-state index in [0.717, 1.165) is 12.6 Å². The molecule has 0 radical (unpaired) electrons. The SMILES string of the molecule is Cc1ccc(N(C)C(C)c2cccs2)c(CNC2CC2)c1. The molecule has 112 valence electrons. The Morgan fingerprint density at radius 2 is 2.14 bits per heavy atom. The third-order valence-corrected chi connectivity index (χ3v) is 5.35. The molecule has 3 rings (SSSR count). The lowest BCUT2D eigenvalue weighted by Gasteiger charge is -2.29. The van der Waals surface area contributed by atoms with Crippen LogP contribution in [-0.2, 0) is 6.54 Å². The van der Waals surface area contributed by atoms with Gasteiger partial charge in [-0.3, -0.25) is 0 Å². The summed E-state index contributed by atoms with van der Waals surface area (Å²) >= 11 is 1.83. The van der Waals surface area contributed by atoms with Gasteiger partial charge in [-0.15, -0.1) is 11.3 Å². The van der Waals surface area contributed by atoms with Crippen molar-refractivity contribution >= 4 is 17.0 Å². The maximum Gasteiger partial charge on any atom is 0.0603 e. The molecule has 1 fully saturated rings. The summed E-state index contributed by atoms with van der Waals surface area (Å²) < 4.78 is 0. The molecule has 0 bridgehead atoms. The Balaban J connectivity index is 1.81. The van der Waals surface area contributed by atoms with Crippen LogP contribution in [0.4, 0.5) is 5.69 Å². The molecule has 1 aromatic heterocycles. The van der Waals surface area contributed by atoms with Crippen LogP contribution in [0, 0.1) is 6.92 Å². The molecule has 0 saturated heterocycles. The second-order valence-corrected chi connectivity index (χ2v) is 7.07. The van der Waals surface area contributed by atoms with E-state index in [1.807, 2.05) is 11.3 Å². The number of nitrogens with one attached hydrogen (secondary N) is 1. The fourth-order valence-electron chi connectivity index (χ4n) is 2.67. The highest BCUT2D eigenvalue weighted by molar-refractivity contribution is 7.10. The third kappa shape index (κ3) is 3.47. The van der Waals surface area contributed by atoms with Crippen molar-refractivity contribution in [3.8, 4) is 0 Å². The minimum absolute atomic E-state index is 0.410. The summed E-state index contributed by atoms with van der Waals surface area (Å²) in [5.41, 5.74) is 4.09. The number of thiophene rings is 1. The molecule has 1 aliphatic rings. The highest BCUT2D eigenvalue weighted by atomic mass is 32.1. The Morgan fingerprint density at radius 1 is 1.33 bits per heavy atom. The summed E-state index contributed by atoms with van der Waals surface area (Å²) in [6.45, 7) is 5.43. The molecule has 1 saturated carbocycles. The fourth-order valence-corrected chi connectivity index (χ4v) is 3.50. The summed E-state index contributed by atoms with van der Waals surface area (Å²) in [5, 5.41) is 5.80. The summed E-state index contributed by atoms with van der Waals surface area (Å²) in [6, 6.07) is 12.3. The fraction of sp³-hybridized carbons (Fsp3) is 0.444. The van der Waals surface area contributed by atoms with Crippen molar-refractivity contribution in [3.63, 3.8) is 0 Å². The molecule has 1 aliphatic carbocycles.